The molecule has 1 heterocycles. The summed E-state index contributed by atoms with van der Waals surface area (Å²) in [5.41, 5.74) is 3.67. The van der Waals surface area contributed by atoms with Crippen LogP contribution in [-0.4, -0.2) is 48.5 Å². The Morgan fingerprint density at radius 1 is 0.972 bits per heavy atom. The number of nitrogens with one attached hydrogen (secondary N) is 1. The summed E-state index contributed by atoms with van der Waals surface area (Å²) in [6.45, 7) is 12.3. The molecular weight excluding hydrogens is 454 g/mol. The number of aliphatic carboxylic acids is 1. The summed E-state index contributed by atoms with van der Waals surface area (Å²) in [4.78, 5) is 25.9. The standard InChI is InChI=1S/C23H27N5O3.C3H8.C2H6/c1-3-5-10-21(29)28(20(4-2)23(30)31)15-16-11-13-17(14-12-16)18-8-6-7-9-19(18)22-24-26-27-25-22;1-3-2;1-2/h6-9,11-14,20H,3-5,10,15H2,1-2H3,(H,30,31)(H,24,25,26,27);3H2,1-2H3;1-2H3. The number of carbonyl (C=O) groups excluding carboxylic acids is 1. The highest BCUT2D eigenvalue weighted by Gasteiger charge is 2.27. The molecule has 0 radical (unpaired) electrons. The molecule has 1 unspecified atom stereocenters. The number of unbranched alkanes of at least 4 members (excludes halogenated alkanes) is 1. The van der Waals surface area contributed by atoms with Crippen molar-refractivity contribution in [2.75, 3.05) is 0 Å². The van der Waals surface area contributed by atoms with Gasteiger partial charge in [0.15, 0.2) is 0 Å². The van der Waals surface area contributed by atoms with Crippen LogP contribution in [0.1, 0.15) is 79.2 Å². The van der Waals surface area contributed by atoms with E-state index < -0.39 is 12.0 Å². The number of hydrogen-bond donors (Lipinski definition) is 2. The first-order valence-electron chi connectivity index (χ1n) is 12.9. The average molecular weight is 496 g/mol. The van der Waals surface area contributed by atoms with Gasteiger partial charge < -0.3 is 10.0 Å². The Kier molecular flexibility index (Phi) is 14.4. The molecular formula is C28H41N5O3. The lowest BCUT2D eigenvalue weighted by Gasteiger charge is -2.28. The molecule has 3 rings (SSSR count). The minimum atomic E-state index is -0.974. The molecule has 0 saturated heterocycles. The van der Waals surface area contributed by atoms with Gasteiger partial charge in [-0.25, -0.2) is 4.79 Å². The Morgan fingerprint density at radius 2 is 1.58 bits per heavy atom. The number of carboxylic acid groups (broad SMARTS) is 1. The fourth-order valence-electron chi connectivity index (χ4n) is 3.56. The summed E-state index contributed by atoms with van der Waals surface area (Å²) >= 11 is 0. The third kappa shape index (κ3) is 8.91. The van der Waals surface area contributed by atoms with Gasteiger partial charge in [-0.1, -0.05) is 103 Å². The number of rotatable bonds is 10. The fourth-order valence-corrected chi connectivity index (χ4v) is 3.56. The minimum absolute atomic E-state index is 0.123. The summed E-state index contributed by atoms with van der Waals surface area (Å²) in [7, 11) is 0. The second-order valence-electron chi connectivity index (χ2n) is 8.07. The monoisotopic (exact) mass is 495 g/mol. The molecule has 0 fully saturated rings. The molecule has 1 atom stereocenters. The predicted octanol–water partition coefficient (Wildman–Crippen LogP) is 6.36. The van der Waals surface area contributed by atoms with Gasteiger partial charge in [0.1, 0.15) is 6.04 Å². The smallest absolute Gasteiger partial charge is 0.326 e. The van der Waals surface area contributed by atoms with Crippen molar-refractivity contribution in [3.8, 4) is 22.5 Å². The SMILES string of the molecule is CC.CCC.CCCCC(=O)N(Cc1ccc(-c2ccccc2-c2nn[nH]n2)cc1)C(CC)C(=O)O. The first kappa shape index (κ1) is 30.5. The number of tetrazole rings is 1. The number of amides is 1. The number of aromatic amines is 1. The van der Waals surface area contributed by atoms with Gasteiger partial charge in [0.2, 0.25) is 11.7 Å². The second-order valence-corrected chi connectivity index (χ2v) is 8.07. The van der Waals surface area contributed by atoms with Gasteiger partial charge in [0.25, 0.3) is 0 Å². The fraction of sp³-hybridized carbons (Fsp3) is 0.464. The zero-order chi connectivity index (χ0) is 26.9. The van der Waals surface area contributed by atoms with E-state index in [2.05, 4.69) is 34.5 Å². The summed E-state index contributed by atoms with van der Waals surface area (Å²) in [5.74, 6) is -0.583. The van der Waals surface area contributed by atoms with Crippen LogP contribution in [0, 0.1) is 0 Å². The molecule has 1 amide bonds. The highest BCUT2D eigenvalue weighted by atomic mass is 16.4. The molecule has 0 aliphatic rings. The quantitative estimate of drug-likeness (QED) is 0.338. The van der Waals surface area contributed by atoms with Gasteiger partial charge in [-0.3, -0.25) is 4.79 Å². The molecule has 3 aromatic rings. The maximum absolute atomic E-state index is 12.7. The Balaban J connectivity index is 0.00000120. The van der Waals surface area contributed by atoms with Gasteiger partial charge in [0, 0.05) is 18.5 Å². The first-order chi connectivity index (χ1) is 17.5. The molecule has 8 nitrogen and oxygen atoms in total. The van der Waals surface area contributed by atoms with Crippen molar-refractivity contribution in [2.45, 2.75) is 86.2 Å². The molecule has 2 aromatic carbocycles. The van der Waals surface area contributed by atoms with E-state index in [0.29, 0.717) is 18.7 Å². The van der Waals surface area contributed by atoms with Crippen molar-refractivity contribution >= 4 is 11.9 Å². The van der Waals surface area contributed by atoms with Crippen molar-refractivity contribution < 1.29 is 14.7 Å². The van der Waals surface area contributed by atoms with E-state index >= 15 is 0 Å². The van der Waals surface area contributed by atoms with Crippen LogP contribution in [0.25, 0.3) is 22.5 Å². The third-order valence-corrected chi connectivity index (χ3v) is 5.24. The van der Waals surface area contributed by atoms with Crippen molar-refractivity contribution in [1.29, 1.82) is 0 Å². The van der Waals surface area contributed by atoms with Crippen molar-refractivity contribution in [2.24, 2.45) is 0 Å². The zero-order valence-corrected chi connectivity index (χ0v) is 22.5. The van der Waals surface area contributed by atoms with Crippen LogP contribution in [0.3, 0.4) is 0 Å². The number of benzene rings is 2. The Bertz CT molecular complexity index is 1020. The number of hydrogen-bond acceptors (Lipinski definition) is 5. The third-order valence-electron chi connectivity index (χ3n) is 5.24. The van der Waals surface area contributed by atoms with Crippen LogP contribution in [0.4, 0.5) is 0 Å². The maximum Gasteiger partial charge on any atom is 0.326 e. The molecule has 36 heavy (non-hydrogen) atoms. The lowest BCUT2D eigenvalue weighted by Crippen LogP contribution is -2.44. The second kappa shape index (κ2) is 17.0. The van der Waals surface area contributed by atoms with Crippen LogP contribution >= 0.6 is 0 Å². The number of H-pyrrole nitrogens is 1. The molecule has 8 heteroatoms. The zero-order valence-electron chi connectivity index (χ0n) is 22.5. The Morgan fingerprint density at radius 3 is 2.08 bits per heavy atom. The summed E-state index contributed by atoms with van der Waals surface area (Å²) in [6, 6.07) is 14.7. The average Bonchev–Trinajstić information content (AvgIpc) is 3.44. The van der Waals surface area contributed by atoms with E-state index in [4.69, 9.17) is 0 Å². The van der Waals surface area contributed by atoms with Crippen LogP contribution in [0.2, 0.25) is 0 Å². The van der Waals surface area contributed by atoms with E-state index in [1.54, 1.807) is 6.92 Å². The number of nitrogens with zero attached hydrogens (tertiary/aromatic N) is 4. The van der Waals surface area contributed by atoms with Gasteiger partial charge >= 0.3 is 5.97 Å². The van der Waals surface area contributed by atoms with Crippen molar-refractivity contribution in [3.05, 3.63) is 54.1 Å². The lowest BCUT2D eigenvalue weighted by molar-refractivity contribution is -0.151. The predicted molar refractivity (Wildman–Crippen MR) is 144 cm³/mol. The molecule has 2 N–H and O–H groups in total. The Hall–Kier alpha value is -3.55. The largest absolute Gasteiger partial charge is 0.480 e. The number of carboxylic acids is 1. The molecule has 1 aromatic heterocycles. The van der Waals surface area contributed by atoms with E-state index in [0.717, 1.165) is 35.1 Å². The van der Waals surface area contributed by atoms with E-state index in [-0.39, 0.29) is 12.5 Å². The van der Waals surface area contributed by atoms with Crippen LogP contribution in [-0.2, 0) is 16.1 Å². The van der Waals surface area contributed by atoms with Crippen LogP contribution in [0.5, 0.6) is 0 Å². The van der Waals surface area contributed by atoms with Crippen LogP contribution in [0.15, 0.2) is 48.5 Å². The molecule has 0 aliphatic carbocycles. The summed E-state index contributed by atoms with van der Waals surface area (Å²) in [6.07, 6.45) is 3.61. The van der Waals surface area contributed by atoms with Gasteiger partial charge in [-0.2, -0.15) is 5.21 Å². The van der Waals surface area contributed by atoms with Crippen molar-refractivity contribution in [3.63, 3.8) is 0 Å². The molecule has 0 saturated carbocycles. The molecule has 0 spiro atoms. The summed E-state index contributed by atoms with van der Waals surface area (Å²) in [5, 5.41) is 23.8. The van der Waals surface area contributed by atoms with E-state index in [1.165, 1.54) is 11.3 Å². The topological polar surface area (TPSA) is 112 Å². The minimum Gasteiger partial charge on any atom is -0.480 e. The van der Waals surface area contributed by atoms with Crippen molar-refractivity contribution in [1.82, 2.24) is 25.5 Å². The highest BCUT2D eigenvalue weighted by molar-refractivity contribution is 5.84. The Labute approximate surface area is 215 Å². The van der Waals surface area contributed by atoms with E-state index in [9.17, 15) is 14.7 Å². The van der Waals surface area contributed by atoms with Crippen LogP contribution < -0.4 is 0 Å². The molecule has 196 valence electrons. The van der Waals surface area contributed by atoms with Gasteiger partial charge in [0.05, 0.1) is 0 Å². The van der Waals surface area contributed by atoms with E-state index in [1.807, 2.05) is 69.3 Å². The summed E-state index contributed by atoms with van der Waals surface area (Å²) < 4.78 is 0. The number of carbonyl (C=O) groups is 2. The molecule has 0 aliphatic heterocycles. The first-order valence-corrected chi connectivity index (χ1v) is 12.9. The van der Waals surface area contributed by atoms with Gasteiger partial charge in [-0.15, -0.1) is 10.2 Å². The highest BCUT2D eigenvalue weighted by Crippen LogP contribution is 2.30. The number of aromatic nitrogens is 4. The maximum atomic E-state index is 12.7. The normalized spacial score (nSPS) is 10.8. The molecule has 0 bridgehead atoms. The van der Waals surface area contributed by atoms with Gasteiger partial charge in [-0.05, 0) is 34.7 Å². The lowest BCUT2D eigenvalue weighted by atomic mass is 9.98.